The third-order valence-electron chi connectivity index (χ3n) is 8.83. The van der Waals surface area contributed by atoms with Crippen molar-refractivity contribution in [2.24, 2.45) is 0 Å². The Balaban J connectivity index is 1.30. The Morgan fingerprint density at radius 1 is 0.400 bits per heavy atom. The van der Waals surface area contributed by atoms with Crippen molar-refractivity contribution in [3.05, 3.63) is 182 Å². The van der Waals surface area contributed by atoms with E-state index in [1.54, 1.807) is 0 Å². The monoisotopic (exact) mass is 593 g/mol. The molecule has 0 saturated carbocycles. The molecule has 0 amide bonds. The number of rotatable bonds is 7. The van der Waals surface area contributed by atoms with Crippen LogP contribution in [-0.4, -0.2) is 8.07 Å². The molecule has 0 bridgehead atoms. The number of hydrogen-bond acceptors (Lipinski definition) is 2. The van der Waals surface area contributed by atoms with Gasteiger partial charge in [0.25, 0.3) is 0 Å². The van der Waals surface area contributed by atoms with E-state index in [2.05, 4.69) is 175 Å². The number of fused-ring (bicyclic) bond motifs is 3. The Bertz CT molecular complexity index is 2140. The van der Waals surface area contributed by atoms with E-state index in [1.165, 1.54) is 26.3 Å². The molecule has 1 aromatic heterocycles. The molecule has 8 rings (SSSR count). The molecule has 0 aliphatic heterocycles. The molecule has 7 aromatic carbocycles. The van der Waals surface area contributed by atoms with Crippen LogP contribution in [0.2, 0.25) is 0 Å². The van der Waals surface area contributed by atoms with E-state index >= 15 is 0 Å². The van der Waals surface area contributed by atoms with E-state index in [-0.39, 0.29) is 0 Å². The van der Waals surface area contributed by atoms with Gasteiger partial charge in [0.2, 0.25) is 0 Å². The predicted molar refractivity (Wildman–Crippen MR) is 192 cm³/mol. The molecule has 45 heavy (non-hydrogen) atoms. The molecule has 0 aliphatic rings. The lowest BCUT2D eigenvalue weighted by Gasteiger charge is -2.34. The summed E-state index contributed by atoms with van der Waals surface area (Å²) >= 11 is 0. The van der Waals surface area contributed by atoms with Gasteiger partial charge in [-0.25, -0.2) is 0 Å². The Morgan fingerprint density at radius 3 is 1.60 bits per heavy atom. The highest BCUT2D eigenvalue weighted by molar-refractivity contribution is 7.19. The standard InChI is InChI=1S/C42H31NOSi/c1-4-17-32(18-5-1)45(33-19-6-2-7-20-33,34-21-8-3-9-22-34)35-23-14-16-31(30-35)36-24-10-12-27-39(36)43-40-28-15-26-38-37-25-11-13-29-41(37)44-42(38)40/h1-30,43H. The molecule has 1 heterocycles. The highest BCUT2D eigenvalue weighted by Gasteiger charge is 2.41. The van der Waals surface area contributed by atoms with E-state index in [0.29, 0.717) is 0 Å². The van der Waals surface area contributed by atoms with Crippen LogP contribution in [0.4, 0.5) is 11.4 Å². The van der Waals surface area contributed by atoms with Gasteiger partial charge in [0.15, 0.2) is 13.7 Å². The maximum Gasteiger partial charge on any atom is 0.179 e. The molecule has 1 N–H and O–H groups in total. The van der Waals surface area contributed by atoms with Crippen LogP contribution in [0.5, 0.6) is 0 Å². The summed E-state index contributed by atoms with van der Waals surface area (Å²) in [5.74, 6) is 0. The molecular formula is C42H31NOSi. The molecule has 8 aromatic rings. The van der Waals surface area contributed by atoms with Crippen molar-refractivity contribution in [2.45, 2.75) is 0 Å². The van der Waals surface area contributed by atoms with Crippen LogP contribution in [0.15, 0.2) is 186 Å². The van der Waals surface area contributed by atoms with Crippen molar-refractivity contribution in [3.8, 4) is 11.1 Å². The largest absolute Gasteiger partial charge is 0.454 e. The van der Waals surface area contributed by atoms with E-state index in [1.807, 2.05) is 12.1 Å². The lowest BCUT2D eigenvalue weighted by atomic mass is 10.0. The molecule has 2 nitrogen and oxygen atoms in total. The zero-order chi connectivity index (χ0) is 30.1. The molecule has 214 valence electrons. The van der Waals surface area contributed by atoms with Crippen molar-refractivity contribution in [1.82, 2.24) is 0 Å². The van der Waals surface area contributed by atoms with Crippen molar-refractivity contribution < 1.29 is 4.42 Å². The first-order valence-electron chi connectivity index (χ1n) is 15.4. The molecule has 0 unspecified atom stereocenters. The van der Waals surface area contributed by atoms with Crippen molar-refractivity contribution in [3.63, 3.8) is 0 Å². The van der Waals surface area contributed by atoms with Crippen LogP contribution < -0.4 is 26.1 Å². The molecule has 0 saturated heterocycles. The zero-order valence-electron chi connectivity index (χ0n) is 24.7. The van der Waals surface area contributed by atoms with Gasteiger partial charge in [-0.15, -0.1) is 0 Å². The van der Waals surface area contributed by atoms with Gasteiger partial charge in [0.05, 0.1) is 5.69 Å². The number of hydrogen-bond donors (Lipinski definition) is 1. The molecule has 0 fully saturated rings. The predicted octanol–water partition coefficient (Wildman–Crippen LogP) is 8.37. The van der Waals surface area contributed by atoms with Crippen LogP contribution >= 0.6 is 0 Å². The third kappa shape index (κ3) is 4.66. The van der Waals surface area contributed by atoms with Crippen LogP contribution in [0.1, 0.15) is 0 Å². The summed E-state index contributed by atoms with van der Waals surface area (Å²) in [6.07, 6.45) is 0. The van der Waals surface area contributed by atoms with Crippen molar-refractivity contribution in [1.29, 1.82) is 0 Å². The van der Waals surface area contributed by atoms with Gasteiger partial charge < -0.3 is 9.73 Å². The third-order valence-corrected chi connectivity index (χ3v) is 13.6. The maximum atomic E-state index is 6.36. The molecule has 0 spiro atoms. The van der Waals surface area contributed by atoms with Crippen LogP contribution in [0.25, 0.3) is 33.1 Å². The lowest BCUT2D eigenvalue weighted by Crippen LogP contribution is -2.74. The van der Waals surface area contributed by atoms with Crippen LogP contribution in [0.3, 0.4) is 0 Å². The van der Waals surface area contributed by atoms with Gasteiger partial charge in [0, 0.05) is 22.0 Å². The second-order valence-electron chi connectivity index (χ2n) is 11.4. The molecule has 0 atom stereocenters. The minimum atomic E-state index is -2.65. The summed E-state index contributed by atoms with van der Waals surface area (Å²) in [7, 11) is -2.65. The van der Waals surface area contributed by atoms with E-state index in [4.69, 9.17) is 4.42 Å². The van der Waals surface area contributed by atoms with Gasteiger partial charge in [-0.3, -0.25) is 0 Å². The number of anilines is 2. The Labute approximate surface area is 264 Å². The van der Waals surface area contributed by atoms with E-state index < -0.39 is 8.07 Å². The highest BCUT2D eigenvalue weighted by Crippen LogP contribution is 2.37. The minimum Gasteiger partial charge on any atom is -0.454 e. The quantitative estimate of drug-likeness (QED) is 0.148. The molecule has 0 radical (unpaired) electrons. The summed E-state index contributed by atoms with van der Waals surface area (Å²) in [6.45, 7) is 0. The SMILES string of the molecule is c1ccc([Si](c2ccccc2)(c2ccccc2)c2cccc(-c3ccccc3Nc3cccc4c3oc3ccccc34)c2)cc1. The fraction of sp³-hybridized carbons (Fsp3) is 0. The summed E-state index contributed by atoms with van der Waals surface area (Å²) in [5.41, 5.74) is 6.07. The molecule has 0 aliphatic carbocycles. The summed E-state index contributed by atoms with van der Waals surface area (Å²) in [6, 6.07) is 65.5. The van der Waals surface area contributed by atoms with Crippen LogP contribution in [-0.2, 0) is 0 Å². The Hall–Kier alpha value is -5.64. The highest BCUT2D eigenvalue weighted by atomic mass is 28.3. The van der Waals surface area contributed by atoms with Gasteiger partial charge in [0.1, 0.15) is 5.58 Å². The second kappa shape index (κ2) is 11.5. The number of benzene rings is 7. The van der Waals surface area contributed by atoms with Gasteiger partial charge in [-0.1, -0.05) is 164 Å². The summed E-state index contributed by atoms with van der Waals surface area (Å²) < 4.78 is 6.36. The maximum absolute atomic E-state index is 6.36. The average Bonchev–Trinajstić information content (AvgIpc) is 3.50. The Morgan fingerprint density at radius 2 is 0.911 bits per heavy atom. The fourth-order valence-corrected chi connectivity index (χ4v) is 11.6. The minimum absolute atomic E-state index is 0.867. The number of nitrogens with one attached hydrogen (secondary N) is 1. The lowest BCUT2D eigenvalue weighted by molar-refractivity contribution is 0.670. The number of furan rings is 1. The number of para-hydroxylation sites is 3. The summed E-state index contributed by atoms with van der Waals surface area (Å²) in [4.78, 5) is 0. The topological polar surface area (TPSA) is 25.2 Å². The van der Waals surface area contributed by atoms with Crippen molar-refractivity contribution in [2.75, 3.05) is 5.32 Å². The van der Waals surface area contributed by atoms with Gasteiger partial charge in [-0.2, -0.15) is 0 Å². The first-order chi connectivity index (χ1) is 22.3. The van der Waals surface area contributed by atoms with E-state index in [9.17, 15) is 0 Å². The fourth-order valence-electron chi connectivity index (χ4n) is 6.82. The average molecular weight is 594 g/mol. The summed E-state index contributed by atoms with van der Waals surface area (Å²) in [5, 5.41) is 11.4. The smallest absolute Gasteiger partial charge is 0.179 e. The Kier molecular flexibility index (Phi) is 6.86. The normalized spacial score (nSPS) is 11.6. The first-order valence-corrected chi connectivity index (χ1v) is 17.4. The molecule has 3 heteroatoms. The van der Waals surface area contributed by atoms with E-state index in [0.717, 1.165) is 38.9 Å². The van der Waals surface area contributed by atoms with Crippen LogP contribution in [0, 0.1) is 0 Å². The van der Waals surface area contributed by atoms with Gasteiger partial charge in [-0.05, 0) is 44.5 Å². The van der Waals surface area contributed by atoms with Gasteiger partial charge >= 0.3 is 0 Å². The zero-order valence-corrected chi connectivity index (χ0v) is 25.7. The molecular weight excluding hydrogens is 563 g/mol. The van der Waals surface area contributed by atoms with Crippen molar-refractivity contribution >= 4 is 62.1 Å². The second-order valence-corrected chi connectivity index (χ2v) is 15.2. The first kappa shape index (κ1) is 26.9.